The maximum Gasteiger partial charge on any atom is 0.0541 e. The topological polar surface area (TPSA) is 8.17 Å². The van der Waals surface area contributed by atoms with Crippen LogP contribution in [0.3, 0.4) is 0 Å². The molecule has 2 nitrogen and oxygen atoms in total. The van der Waals surface area contributed by atoms with Crippen molar-refractivity contribution in [1.29, 1.82) is 0 Å². The molecule has 0 N–H and O–H groups in total. The molecule has 0 atom stereocenters. The lowest BCUT2D eigenvalue weighted by Crippen LogP contribution is -2.16. The molecule has 0 spiro atoms. The number of benzene rings is 10. The Labute approximate surface area is 390 Å². The third-order valence-electron chi connectivity index (χ3n) is 14.0. The van der Waals surface area contributed by atoms with E-state index < -0.39 is 0 Å². The molecule has 2 heteroatoms. The molecular formula is C64H58N2. The van der Waals surface area contributed by atoms with E-state index >= 15 is 0 Å². The van der Waals surface area contributed by atoms with Crippen LogP contribution in [0.4, 0.5) is 17.1 Å². The Morgan fingerprint density at radius 3 is 1.27 bits per heavy atom. The third-order valence-corrected chi connectivity index (χ3v) is 14.0. The molecule has 10 aromatic carbocycles. The Kier molecular flexibility index (Phi) is 9.57. The number of anilines is 3. The molecular weight excluding hydrogens is 797 g/mol. The van der Waals surface area contributed by atoms with Crippen molar-refractivity contribution >= 4 is 71.2 Å². The average Bonchev–Trinajstić information content (AvgIpc) is 3.65. The molecule has 0 saturated heterocycles. The van der Waals surface area contributed by atoms with Crippen molar-refractivity contribution < 1.29 is 0 Å². The summed E-state index contributed by atoms with van der Waals surface area (Å²) >= 11 is 0. The van der Waals surface area contributed by atoms with E-state index in [1.165, 1.54) is 98.8 Å². The minimum Gasteiger partial charge on any atom is -0.310 e. The minimum absolute atomic E-state index is 0.0345. The summed E-state index contributed by atoms with van der Waals surface area (Å²) in [6, 6.07) is 70.9. The Bertz CT molecular complexity index is 3520. The van der Waals surface area contributed by atoms with E-state index in [-0.39, 0.29) is 16.2 Å². The predicted octanol–water partition coefficient (Wildman–Crippen LogP) is 18.4. The molecule has 0 bridgehead atoms. The van der Waals surface area contributed by atoms with Gasteiger partial charge >= 0.3 is 0 Å². The van der Waals surface area contributed by atoms with Gasteiger partial charge in [-0.1, -0.05) is 202 Å². The molecule has 0 aliphatic rings. The highest BCUT2D eigenvalue weighted by atomic mass is 15.1. The van der Waals surface area contributed by atoms with E-state index in [9.17, 15) is 0 Å². The summed E-state index contributed by atoms with van der Waals surface area (Å²) in [5, 5.41) is 10.1. The van der Waals surface area contributed by atoms with Crippen LogP contribution in [-0.4, -0.2) is 4.57 Å². The van der Waals surface area contributed by atoms with Gasteiger partial charge in [-0.05, 0) is 125 Å². The second-order valence-electron chi connectivity index (χ2n) is 21.5. The molecule has 0 amide bonds. The second kappa shape index (κ2) is 15.2. The quantitative estimate of drug-likeness (QED) is 0.151. The van der Waals surface area contributed by atoms with Crippen LogP contribution in [0.1, 0.15) is 79.0 Å². The smallest absolute Gasteiger partial charge is 0.0541 e. The van der Waals surface area contributed by atoms with Crippen molar-refractivity contribution in [2.45, 2.75) is 78.6 Å². The van der Waals surface area contributed by atoms with E-state index in [4.69, 9.17) is 0 Å². The van der Waals surface area contributed by atoms with Gasteiger partial charge in [0.25, 0.3) is 0 Å². The van der Waals surface area contributed by atoms with E-state index in [2.05, 4.69) is 260 Å². The molecule has 11 rings (SSSR count). The number of para-hydroxylation sites is 2. The van der Waals surface area contributed by atoms with Gasteiger partial charge in [0.1, 0.15) is 0 Å². The normalized spacial score (nSPS) is 12.6. The van der Waals surface area contributed by atoms with Crippen molar-refractivity contribution in [3.63, 3.8) is 0 Å². The number of aromatic nitrogens is 1. The SMILES string of the molecule is CC(C)(C)c1ccc(-c2ccc(N(c3ccc(-c4cc(C(C)(C)C)cc(C(C)(C)C)c4)cc3)c3ccc4ccc5c(-n6c7ccccc7c7ccccc76)ccc6ccc3c4c65)cc2)cc1. The zero-order valence-corrected chi connectivity index (χ0v) is 39.8. The van der Waals surface area contributed by atoms with Crippen molar-refractivity contribution in [2.24, 2.45) is 0 Å². The van der Waals surface area contributed by atoms with Crippen LogP contribution >= 0.6 is 0 Å². The van der Waals surface area contributed by atoms with E-state index in [0.717, 1.165) is 17.1 Å². The van der Waals surface area contributed by atoms with Crippen LogP contribution in [0.15, 0.2) is 188 Å². The molecule has 0 radical (unpaired) electrons. The van der Waals surface area contributed by atoms with Crippen LogP contribution in [0.2, 0.25) is 0 Å². The van der Waals surface area contributed by atoms with Crippen molar-refractivity contribution in [3.05, 3.63) is 205 Å². The Morgan fingerprint density at radius 1 is 0.333 bits per heavy atom. The van der Waals surface area contributed by atoms with Gasteiger partial charge in [-0.15, -0.1) is 0 Å². The molecule has 11 aromatic rings. The highest BCUT2D eigenvalue weighted by Crippen LogP contribution is 2.46. The highest BCUT2D eigenvalue weighted by Gasteiger charge is 2.24. The van der Waals surface area contributed by atoms with Crippen molar-refractivity contribution in [3.8, 4) is 27.9 Å². The zero-order chi connectivity index (χ0) is 45.7. The molecule has 0 unspecified atom stereocenters. The lowest BCUT2D eigenvalue weighted by Gasteiger charge is -2.28. The lowest BCUT2D eigenvalue weighted by molar-refractivity contribution is 0.569. The van der Waals surface area contributed by atoms with Crippen LogP contribution in [-0.2, 0) is 16.2 Å². The molecule has 66 heavy (non-hydrogen) atoms. The van der Waals surface area contributed by atoms with Crippen LogP contribution in [0.5, 0.6) is 0 Å². The Morgan fingerprint density at radius 2 is 0.758 bits per heavy atom. The van der Waals surface area contributed by atoms with Crippen LogP contribution in [0.25, 0.3) is 82.1 Å². The molecule has 324 valence electrons. The number of hydrogen-bond acceptors (Lipinski definition) is 1. The molecule has 0 fully saturated rings. The van der Waals surface area contributed by atoms with Crippen LogP contribution in [0, 0.1) is 0 Å². The fourth-order valence-electron chi connectivity index (χ4n) is 10.2. The maximum atomic E-state index is 2.46. The van der Waals surface area contributed by atoms with Gasteiger partial charge in [-0.2, -0.15) is 0 Å². The first-order valence-electron chi connectivity index (χ1n) is 23.6. The summed E-state index contributed by atoms with van der Waals surface area (Å²) in [7, 11) is 0. The van der Waals surface area contributed by atoms with Gasteiger partial charge in [-0.3, -0.25) is 0 Å². The summed E-state index contributed by atoms with van der Waals surface area (Å²) in [5.41, 5.74) is 16.2. The summed E-state index contributed by atoms with van der Waals surface area (Å²) in [6.45, 7) is 20.7. The van der Waals surface area contributed by atoms with Crippen molar-refractivity contribution in [2.75, 3.05) is 4.90 Å². The number of nitrogens with zero attached hydrogens (tertiary/aromatic N) is 2. The van der Waals surface area contributed by atoms with Gasteiger partial charge in [0.05, 0.1) is 22.4 Å². The molecule has 1 heterocycles. The van der Waals surface area contributed by atoms with Gasteiger partial charge in [0, 0.05) is 32.9 Å². The van der Waals surface area contributed by atoms with E-state index in [1.807, 2.05) is 0 Å². The summed E-state index contributed by atoms with van der Waals surface area (Å²) < 4.78 is 2.46. The van der Waals surface area contributed by atoms with Gasteiger partial charge < -0.3 is 9.47 Å². The number of hydrogen-bond donors (Lipinski definition) is 0. The van der Waals surface area contributed by atoms with Crippen molar-refractivity contribution in [1.82, 2.24) is 4.57 Å². The minimum atomic E-state index is 0.0345. The molecule has 1 aromatic heterocycles. The Balaban J connectivity index is 1.09. The number of fused-ring (bicyclic) bond motifs is 3. The summed E-state index contributed by atoms with van der Waals surface area (Å²) in [6.07, 6.45) is 0. The maximum absolute atomic E-state index is 2.46. The first-order chi connectivity index (χ1) is 31.6. The largest absolute Gasteiger partial charge is 0.310 e. The highest BCUT2D eigenvalue weighted by molar-refractivity contribution is 6.27. The Hall–Kier alpha value is -7.16. The van der Waals surface area contributed by atoms with Gasteiger partial charge in [0.15, 0.2) is 0 Å². The second-order valence-corrected chi connectivity index (χ2v) is 21.5. The van der Waals surface area contributed by atoms with Crippen LogP contribution < -0.4 is 4.90 Å². The predicted molar refractivity (Wildman–Crippen MR) is 286 cm³/mol. The van der Waals surface area contributed by atoms with E-state index in [0.29, 0.717) is 0 Å². The standard InChI is InChI=1S/C64H58N2/c1-62(2,3)47-28-18-41(19-29-47)42-20-30-50(31-21-42)65(51-32-22-43(23-33-51)46-38-48(63(4,5)6)40-49(39-46)64(7,8)9)58-36-26-44-25-35-55-59(37-27-45-24-34-54(58)60(44)61(45)55)66-56-16-12-10-14-52(56)53-15-11-13-17-57(53)66/h10-40H,1-9H3. The summed E-state index contributed by atoms with van der Waals surface area (Å²) in [5.74, 6) is 0. The molecule has 0 saturated carbocycles. The first kappa shape index (κ1) is 41.5. The fourth-order valence-corrected chi connectivity index (χ4v) is 10.2. The van der Waals surface area contributed by atoms with Gasteiger partial charge in [0.2, 0.25) is 0 Å². The first-order valence-corrected chi connectivity index (χ1v) is 23.6. The molecule has 0 aliphatic heterocycles. The van der Waals surface area contributed by atoms with E-state index in [1.54, 1.807) is 0 Å². The monoisotopic (exact) mass is 854 g/mol. The summed E-state index contributed by atoms with van der Waals surface area (Å²) in [4.78, 5) is 2.46. The average molecular weight is 855 g/mol. The number of rotatable bonds is 6. The zero-order valence-electron chi connectivity index (χ0n) is 39.8. The third kappa shape index (κ3) is 7.02. The fraction of sp³-hybridized carbons (Fsp3) is 0.188. The molecule has 0 aliphatic carbocycles. The lowest BCUT2D eigenvalue weighted by atomic mass is 9.79. The van der Waals surface area contributed by atoms with Gasteiger partial charge in [-0.25, -0.2) is 0 Å².